The summed E-state index contributed by atoms with van der Waals surface area (Å²) in [5.41, 5.74) is 2.22. The molecule has 4 nitrogen and oxygen atoms in total. The van der Waals surface area contributed by atoms with Gasteiger partial charge in [0, 0.05) is 30.6 Å². The minimum absolute atomic E-state index is 0.00976. The smallest absolute Gasteiger partial charge is 0.227 e. The van der Waals surface area contributed by atoms with Crippen molar-refractivity contribution in [3.8, 4) is 0 Å². The zero-order valence-electron chi connectivity index (χ0n) is 15.0. The standard InChI is InChI=1S/C20H28N2O2/c1-20(2,3)16-6-8-17(9-7-16)21-18(23)14-10-12-22(13-11-14)19(24)15-4-5-15/h6-9,14-15H,4-5,10-13H2,1-3H3,(H,21,23). The number of hydrogen-bond acceptors (Lipinski definition) is 2. The van der Waals surface area contributed by atoms with Crippen LogP contribution in [-0.2, 0) is 15.0 Å². The maximum Gasteiger partial charge on any atom is 0.227 e. The predicted molar refractivity (Wildman–Crippen MR) is 95.8 cm³/mol. The lowest BCUT2D eigenvalue weighted by atomic mass is 9.87. The van der Waals surface area contributed by atoms with Crippen LogP contribution in [0.2, 0.25) is 0 Å². The minimum atomic E-state index is 0.00976. The second kappa shape index (κ2) is 6.58. The van der Waals surface area contributed by atoms with Gasteiger partial charge in [-0.05, 0) is 48.8 Å². The quantitative estimate of drug-likeness (QED) is 0.922. The molecular weight excluding hydrogens is 300 g/mol. The molecule has 0 unspecified atom stereocenters. The van der Waals surface area contributed by atoms with Crippen molar-refractivity contribution >= 4 is 17.5 Å². The van der Waals surface area contributed by atoms with Gasteiger partial charge in [-0.15, -0.1) is 0 Å². The first-order valence-corrected chi connectivity index (χ1v) is 9.05. The molecule has 2 amide bonds. The fraction of sp³-hybridized carbons (Fsp3) is 0.600. The van der Waals surface area contributed by atoms with E-state index in [1.807, 2.05) is 17.0 Å². The van der Waals surface area contributed by atoms with Crippen LogP contribution in [0.25, 0.3) is 0 Å². The van der Waals surface area contributed by atoms with Crippen LogP contribution in [0, 0.1) is 11.8 Å². The molecule has 0 radical (unpaired) electrons. The number of hydrogen-bond donors (Lipinski definition) is 1. The third kappa shape index (κ3) is 3.97. The first-order valence-electron chi connectivity index (χ1n) is 9.05. The van der Waals surface area contributed by atoms with Gasteiger partial charge in [-0.1, -0.05) is 32.9 Å². The minimum Gasteiger partial charge on any atom is -0.342 e. The summed E-state index contributed by atoms with van der Waals surface area (Å²) in [6.45, 7) is 7.97. The number of carbonyl (C=O) groups excluding carboxylic acids is 2. The van der Waals surface area contributed by atoms with Gasteiger partial charge >= 0.3 is 0 Å². The van der Waals surface area contributed by atoms with Gasteiger partial charge in [-0.2, -0.15) is 0 Å². The molecule has 0 atom stereocenters. The molecule has 0 bridgehead atoms. The number of amides is 2. The highest BCUT2D eigenvalue weighted by molar-refractivity contribution is 5.92. The number of nitrogens with one attached hydrogen (secondary N) is 1. The molecule has 1 aromatic rings. The molecule has 1 heterocycles. The lowest BCUT2D eigenvalue weighted by Crippen LogP contribution is -2.42. The number of piperidine rings is 1. The third-order valence-corrected chi connectivity index (χ3v) is 5.12. The van der Waals surface area contributed by atoms with Gasteiger partial charge in [0.1, 0.15) is 0 Å². The van der Waals surface area contributed by atoms with Crippen LogP contribution in [0.1, 0.15) is 52.0 Å². The number of benzene rings is 1. The third-order valence-electron chi connectivity index (χ3n) is 5.12. The van der Waals surface area contributed by atoms with Crippen molar-refractivity contribution in [1.82, 2.24) is 4.90 Å². The monoisotopic (exact) mass is 328 g/mol. The zero-order chi connectivity index (χ0) is 17.3. The van der Waals surface area contributed by atoms with E-state index in [1.165, 1.54) is 5.56 Å². The Morgan fingerprint density at radius 1 is 0.958 bits per heavy atom. The number of carbonyl (C=O) groups is 2. The van der Waals surface area contributed by atoms with Crippen molar-refractivity contribution in [1.29, 1.82) is 0 Å². The van der Waals surface area contributed by atoms with Crippen LogP contribution in [0.15, 0.2) is 24.3 Å². The maximum absolute atomic E-state index is 12.5. The molecule has 1 saturated heterocycles. The van der Waals surface area contributed by atoms with Gasteiger partial charge in [0.25, 0.3) is 0 Å². The summed E-state index contributed by atoms with van der Waals surface area (Å²) in [7, 11) is 0. The van der Waals surface area contributed by atoms with Crippen molar-refractivity contribution in [2.45, 2.75) is 51.9 Å². The molecule has 24 heavy (non-hydrogen) atoms. The number of rotatable bonds is 3. The van der Waals surface area contributed by atoms with Crippen LogP contribution >= 0.6 is 0 Å². The summed E-state index contributed by atoms with van der Waals surface area (Å²) in [5, 5.41) is 3.03. The van der Waals surface area contributed by atoms with Crippen molar-refractivity contribution in [3.63, 3.8) is 0 Å². The zero-order valence-corrected chi connectivity index (χ0v) is 15.0. The Labute approximate surface area is 144 Å². The highest BCUT2D eigenvalue weighted by Gasteiger charge is 2.35. The molecule has 2 fully saturated rings. The topological polar surface area (TPSA) is 49.4 Å². The van der Waals surface area contributed by atoms with E-state index in [2.05, 4.69) is 38.2 Å². The van der Waals surface area contributed by atoms with Gasteiger partial charge in [0.15, 0.2) is 0 Å². The molecular formula is C20H28N2O2. The summed E-state index contributed by atoms with van der Waals surface area (Å²) in [6, 6.07) is 8.10. The molecule has 0 spiro atoms. The molecule has 1 aliphatic heterocycles. The molecule has 1 saturated carbocycles. The normalized spacial score (nSPS) is 19.2. The van der Waals surface area contributed by atoms with Crippen molar-refractivity contribution in [2.24, 2.45) is 11.8 Å². The first-order chi connectivity index (χ1) is 11.3. The molecule has 1 N–H and O–H groups in total. The SMILES string of the molecule is CC(C)(C)c1ccc(NC(=O)C2CCN(C(=O)C3CC3)CC2)cc1. The lowest BCUT2D eigenvalue weighted by Gasteiger charge is -2.31. The number of nitrogens with zero attached hydrogens (tertiary/aromatic N) is 1. The van der Waals surface area contributed by atoms with Crippen molar-refractivity contribution < 1.29 is 9.59 Å². The molecule has 4 heteroatoms. The average molecular weight is 328 g/mol. The highest BCUT2D eigenvalue weighted by atomic mass is 16.2. The maximum atomic E-state index is 12.5. The van der Waals surface area contributed by atoms with Crippen LogP contribution < -0.4 is 5.32 Å². The van der Waals surface area contributed by atoms with E-state index >= 15 is 0 Å². The Bertz CT molecular complexity index is 604. The summed E-state index contributed by atoms with van der Waals surface area (Å²) in [6.07, 6.45) is 3.63. The van der Waals surface area contributed by atoms with Gasteiger partial charge < -0.3 is 10.2 Å². The van der Waals surface area contributed by atoms with Gasteiger partial charge in [0.2, 0.25) is 11.8 Å². The first kappa shape index (κ1) is 17.0. The van der Waals surface area contributed by atoms with E-state index in [-0.39, 0.29) is 23.2 Å². The average Bonchev–Trinajstić information content (AvgIpc) is 3.39. The Hall–Kier alpha value is -1.84. The number of likely N-dealkylation sites (tertiary alicyclic amines) is 1. The Morgan fingerprint density at radius 3 is 2.04 bits per heavy atom. The van der Waals surface area contributed by atoms with Gasteiger partial charge in [-0.3, -0.25) is 9.59 Å². The molecule has 2 aliphatic rings. The summed E-state index contributed by atoms with van der Waals surface area (Å²) in [5.74, 6) is 0.663. The second-order valence-corrected chi connectivity index (χ2v) is 8.19. The van der Waals surface area contributed by atoms with E-state index in [0.29, 0.717) is 5.91 Å². The van der Waals surface area contributed by atoms with Crippen LogP contribution in [0.5, 0.6) is 0 Å². The van der Waals surface area contributed by atoms with Gasteiger partial charge in [-0.25, -0.2) is 0 Å². The Balaban J connectivity index is 1.51. The molecule has 3 rings (SSSR count). The van der Waals surface area contributed by atoms with E-state index < -0.39 is 0 Å². The number of anilines is 1. The largest absolute Gasteiger partial charge is 0.342 e. The molecule has 1 aliphatic carbocycles. The van der Waals surface area contributed by atoms with E-state index in [0.717, 1.165) is 44.5 Å². The fourth-order valence-corrected chi connectivity index (χ4v) is 3.25. The van der Waals surface area contributed by atoms with Crippen molar-refractivity contribution in [3.05, 3.63) is 29.8 Å². The van der Waals surface area contributed by atoms with Gasteiger partial charge in [0.05, 0.1) is 0 Å². The Morgan fingerprint density at radius 2 is 1.54 bits per heavy atom. The second-order valence-electron chi connectivity index (χ2n) is 8.19. The predicted octanol–water partition coefficient (Wildman–Crippen LogP) is 3.57. The summed E-state index contributed by atoms with van der Waals surface area (Å²) >= 11 is 0. The van der Waals surface area contributed by atoms with Crippen LogP contribution in [0.3, 0.4) is 0 Å². The highest BCUT2D eigenvalue weighted by Crippen LogP contribution is 2.32. The molecule has 1 aromatic carbocycles. The van der Waals surface area contributed by atoms with E-state index in [4.69, 9.17) is 0 Å². The lowest BCUT2D eigenvalue weighted by molar-refractivity contribution is -0.135. The summed E-state index contributed by atoms with van der Waals surface area (Å²) in [4.78, 5) is 26.5. The summed E-state index contributed by atoms with van der Waals surface area (Å²) < 4.78 is 0. The van der Waals surface area contributed by atoms with E-state index in [1.54, 1.807) is 0 Å². The van der Waals surface area contributed by atoms with E-state index in [9.17, 15) is 9.59 Å². The van der Waals surface area contributed by atoms with Crippen LogP contribution in [0.4, 0.5) is 5.69 Å². The van der Waals surface area contributed by atoms with Crippen molar-refractivity contribution in [2.75, 3.05) is 18.4 Å². The molecule has 130 valence electrons. The Kier molecular flexibility index (Phi) is 4.66. The molecule has 0 aromatic heterocycles. The fourth-order valence-electron chi connectivity index (χ4n) is 3.25. The van der Waals surface area contributed by atoms with Crippen LogP contribution in [-0.4, -0.2) is 29.8 Å².